The maximum Gasteiger partial charge on any atom is 0.253 e. The number of carbonyl (C=O) groups is 2. The standard InChI is InChI=1S/C14H15N3O2/c18-12-5-4-10(8-16-12)17-14(19)11-3-1-2-9-6-7-15-13(9)11/h1-3,6-7,10,15H,4-5,8H2,(H,16,18)(H,17,19). The molecule has 1 aliphatic rings. The Kier molecular flexibility index (Phi) is 2.95. The van der Waals surface area contributed by atoms with Crippen LogP contribution in [0.5, 0.6) is 0 Å². The van der Waals surface area contributed by atoms with Crippen LogP contribution in [0, 0.1) is 0 Å². The van der Waals surface area contributed by atoms with Crippen LogP contribution in [0.3, 0.4) is 0 Å². The molecule has 1 atom stereocenters. The average molecular weight is 257 g/mol. The third kappa shape index (κ3) is 2.31. The summed E-state index contributed by atoms with van der Waals surface area (Å²) in [5, 5.41) is 6.74. The van der Waals surface area contributed by atoms with Crippen molar-refractivity contribution in [2.45, 2.75) is 18.9 Å². The highest BCUT2D eigenvalue weighted by Crippen LogP contribution is 2.17. The Labute approximate surface area is 110 Å². The van der Waals surface area contributed by atoms with Gasteiger partial charge in [-0.3, -0.25) is 9.59 Å². The highest BCUT2D eigenvalue weighted by Gasteiger charge is 2.21. The number of aromatic nitrogens is 1. The van der Waals surface area contributed by atoms with Gasteiger partial charge in [-0.15, -0.1) is 0 Å². The van der Waals surface area contributed by atoms with Crippen molar-refractivity contribution in [1.82, 2.24) is 15.6 Å². The van der Waals surface area contributed by atoms with Crippen LogP contribution in [0.4, 0.5) is 0 Å². The molecule has 1 aliphatic heterocycles. The average Bonchev–Trinajstić information content (AvgIpc) is 2.89. The fourth-order valence-electron chi connectivity index (χ4n) is 2.39. The van der Waals surface area contributed by atoms with Crippen molar-refractivity contribution in [3.8, 4) is 0 Å². The van der Waals surface area contributed by atoms with E-state index in [1.165, 1.54) is 0 Å². The van der Waals surface area contributed by atoms with Crippen LogP contribution in [0.1, 0.15) is 23.2 Å². The molecule has 0 aliphatic carbocycles. The van der Waals surface area contributed by atoms with Gasteiger partial charge in [-0.2, -0.15) is 0 Å². The normalized spacial score (nSPS) is 19.2. The van der Waals surface area contributed by atoms with E-state index in [0.29, 0.717) is 24.9 Å². The monoisotopic (exact) mass is 257 g/mol. The summed E-state index contributed by atoms with van der Waals surface area (Å²) in [5.41, 5.74) is 1.49. The van der Waals surface area contributed by atoms with E-state index in [9.17, 15) is 9.59 Å². The summed E-state index contributed by atoms with van der Waals surface area (Å²) in [4.78, 5) is 26.4. The van der Waals surface area contributed by atoms with E-state index in [0.717, 1.165) is 10.9 Å². The number of hydrogen-bond acceptors (Lipinski definition) is 2. The lowest BCUT2D eigenvalue weighted by Gasteiger charge is -2.23. The summed E-state index contributed by atoms with van der Waals surface area (Å²) in [7, 11) is 0. The summed E-state index contributed by atoms with van der Waals surface area (Å²) in [6.07, 6.45) is 2.98. The maximum absolute atomic E-state index is 12.3. The lowest BCUT2D eigenvalue weighted by molar-refractivity contribution is -0.122. The molecule has 5 nitrogen and oxygen atoms in total. The van der Waals surface area contributed by atoms with Crippen molar-refractivity contribution >= 4 is 22.7 Å². The first-order chi connectivity index (χ1) is 9.24. The predicted octanol–water partition coefficient (Wildman–Crippen LogP) is 1.18. The molecule has 19 heavy (non-hydrogen) atoms. The number of amides is 2. The Hall–Kier alpha value is -2.30. The Morgan fingerprint density at radius 3 is 3.00 bits per heavy atom. The van der Waals surface area contributed by atoms with Gasteiger partial charge in [0.05, 0.1) is 11.1 Å². The number of carbonyl (C=O) groups excluding carboxylic acids is 2. The van der Waals surface area contributed by atoms with Crippen LogP contribution in [0.25, 0.3) is 10.9 Å². The van der Waals surface area contributed by atoms with Gasteiger partial charge in [0.2, 0.25) is 5.91 Å². The summed E-state index contributed by atoms with van der Waals surface area (Å²) < 4.78 is 0. The molecule has 98 valence electrons. The minimum absolute atomic E-state index is 0.00965. The van der Waals surface area contributed by atoms with Crippen LogP contribution >= 0.6 is 0 Å². The van der Waals surface area contributed by atoms with Gasteiger partial charge in [0.1, 0.15) is 0 Å². The smallest absolute Gasteiger partial charge is 0.253 e. The van der Waals surface area contributed by atoms with Crippen molar-refractivity contribution in [3.05, 3.63) is 36.0 Å². The number of aromatic amines is 1. The van der Waals surface area contributed by atoms with E-state index in [2.05, 4.69) is 15.6 Å². The van der Waals surface area contributed by atoms with Crippen LogP contribution < -0.4 is 10.6 Å². The number of fused-ring (bicyclic) bond motifs is 1. The van der Waals surface area contributed by atoms with Crippen molar-refractivity contribution < 1.29 is 9.59 Å². The summed E-state index contributed by atoms with van der Waals surface area (Å²) in [6.45, 7) is 0.505. The first-order valence-electron chi connectivity index (χ1n) is 6.38. The number of H-pyrrole nitrogens is 1. The van der Waals surface area contributed by atoms with E-state index in [4.69, 9.17) is 0 Å². The lowest BCUT2D eigenvalue weighted by atomic mass is 10.1. The fourth-order valence-corrected chi connectivity index (χ4v) is 2.39. The molecule has 2 aromatic rings. The highest BCUT2D eigenvalue weighted by molar-refractivity contribution is 6.05. The second-order valence-electron chi connectivity index (χ2n) is 4.76. The zero-order valence-electron chi connectivity index (χ0n) is 10.4. The summed E-state index contributed by atoms with van der Waals surface area (Å²) >= 11 is 0. The van der Waals surface area contributed by atoms with E-state index >= 15 is 0 Å². The molecular formula is C14H15N3O2. The van der Waals surface area contributed by atoms with Gasteiger partial charge in [0, 0.05) is 30.6 Å². The van der Waals surface area contributed by atoms with Crippen molar-refractivity contribution in [2.75, 3.05) is 6.54 Å². The molecule has 0 spiro atoms. The SMILES string of the molecule is O=C1CCC(NC(=O)c2cccc3cc[nH]c23)CN1. The summed E-state index contributed by atoms with van der Waals surface area (Å²) in [6, 6.07) is 7.58. The molecule has 3 rings (SSSR count). The molecule has 2 amide bonds. The molecule has 0 saturated carbocycles. The van der Waals surface area contributed by atoms with E-state index < -0.39 is 0 Å². The molecular weight excluding hydrogens is 242 g/mol. The number of rotatable bonds is 2. The molecule has 5 heteroatoms. The Morgan fingerprint density at radius 1 is 1.32 bits per heavy atom. The van der Waals surface area contributed by atoms with Gasteiger partial charge in [0.15, 0.2) is 0 Å². The van der Waals surface area contributed by atoms with Crippen LogP contribution in [0.15, 0.2) is 30.5 Å². The topological polar surface area (TPSA) is 74.0 Å². The zero-order chi connectivity index (χ0) is 13.2. The number of benzene rings is 1. The maximum atomic E-state index is 12.3. The largest absolute Gasteiger partial charge is 0.361 e. The molecule has 1 saturated heterocycles. The van der Waals surface area contributed by atoms with Gasteiger partial charge >= 0.3 is 0 Å². The highest BCUT2D eigenvalue weighted by atomic mass is 16.2. The molecule has 1 unspecified atom stereocenters. The fraction of sp³-hybridized carbons (Fsp3) is 0.286. The third-order valence-electron chi connectivity index (χ3n) is 3.43. The van der Waals surface area contributed by atoms with Crippen LogP contribution in [-0.4, -0.2) is 29.4 Å². The van der Waals surface area contributed by atoms with Gasteiger partial charge < -0.3 is 15.6 Å². The summed E-state index contributed by atoms with van der Waals surface area (Å²) in [5.74, 6) is -0.0498. The van der Waals surface area contributed by atoms with Gasteiger partial charge in [-0.05, 0) is 18.6 Å². The predicted molar refractivity (Wildman–Crippen MR) is 71.8 cm³/mol. The molecule has 0 radical (unpaired) electrons. The van der Waals surface area contributed by atoms with Gasteiger partial charge in [0.25, 0.3) is 5.91 Å². The van der Waals surface area contributed by atoms with Gasteiger partial charge in [-0.1, -0.05) is 12.1 Å². The molecule has 2 heterocycles. The first-order valence-corrected chi connectivity index (χ1v) is 6.38. The Balaban J connectivity index is 1.77. The molecule has 1 fully saturated rings. The van der Waals surface area contributed by atoms with E-state index in [-0.39, 0.29) is 17.9 Å². The molecule has 3 N–H and O–H groups in total. The number of piperidine rings is 1. The van der Waals surface area contributed by atoms with Crippen molar-refractivity contribution in [1.29, 1.82) is 0 Å². The molecule has 1 aromatic carbocycles. The Morgan fingerprint density at radius 2 is 2.21 bits per heavy atom. The zero-order valence-corrected chi connectivity index (χ0v) is 10.4. The second-order valence-corrected chi connectivity index (χ2v) is 4.76. The van der Waals surface area contributed by atoms with E-state index in [1.54, 1.807) is 6.07 Å². The quantitative estimate of drug-likeness (QED) is 0.755. The second kappa shape index (κ2) is 4.76. The minimum atomic E-state index is -0.103. The number of nitrogens with one attached hydrogen (secondary N) is 3. The number of para-hydroxylation sites is 1. The van der Waals surface area contributed by atoms with Crippen LogP contribution in [0.2, 0.25) is 0 Å². The first kappa shape index (κ1) is 11.8. The lowest BCUT2D eigenvalue weighted by Crippen LogP contribution is -2.47. The van der Waals surface area contributed by atoms with Gasteiger partial charge in [-0.25, -0.2) is 0 Å². The number of hydrogen-bond donors (Lipinski definition) is 3. The van der Waals surface area contributed by atoms with Crippen LogP contribution in [-0.2, 0) is 4.79 Å². The van der Waals surface area contributed by atoms with E-state index in [1.807, 2.05) is 24.4 Å². The Bertz CT molecular complexity index is 622. The minimum Gasteiger partial charge on any atom is -0.361 e. The molecule has 1 aromatic heterocycles. The van der Waals surface area contributed by atoms with Crippen molar-refractivity contribution in [2.24, 2.45) is 0 Å². The molecule has 0 bridgehead atoms. The van der Waals surface area contributed by atoms with Crippen molar-refractivity contribution in [3.63, 3.8) is 0 Å². The third-order valence-corrected chi connectivity index (χ3v) is 3.43.